The van der Waals surface area contributed by atoms with Crippen LogP contribution in [0.5, 0.6) is 0 Å². The van der Waals surface area contributed by atoms with Gasteiger partial charge in [-0.2, -0.15) is 5.10 Å². The second-order valence-corrected chi connectivity index (χ2v) is 8.41. The molecule has 3 aromatic rings. The molecule has 3 heterocycles. The Hall–Kier alpha value is -2.29. The van der Waals surface area contributed by atoms with Crippen LogP contribution in [0.1, 0.15) is 34.3 Å². The molecule has 146 valence electrons. The van der Waals surface area contributed by atoms with Gasteiger partial charge in [-0.05, 0) is 41.2 Å². The Labute approximate surface area is 173 Å². The van der Waals surface area contributed by atoms with Crippen LogP contribution in [0.25, 0.3) is 0 Å². The number of rotatable bonds is 6. The fourth-order valence-corrected chi connectivity index (χ4v) is 4.90. The highest BCUT2D eigenvalue weighted by molar-refractivity contribution is 7.71. The number of nitrogens with two attached hydrogens (primary N) is 1. The van der Waals surface area contributed by atoms with Gasteiger partial charge in [0.2, 0.25) is 5.91 Å². The second kappa shape index (κ2) is 7.98. The Morgan fingerprint density at radius 1 is 1.32 bits per heavy atom. The highest BCUT2D eigenvalue weighted by atomic mass is 32.1. The topological polar surface area (TPSA) is 69.1 Å². The summed E-state index contributed by atoms with van der Waals surface area (Å²) >= 11 is 7.44. The molecule has 28 heavy (non-hydrogen) atoms. The standard InChI is InChI=1S/C20H23N5OS2/c1-23-18(8-7-17(21)26)22-25(20(23)27)13-24-11-9-16-15(10-12-28-16)19(24)14-5-3-2-4-6-14/h2-6,10,12,19H,7-9,11,13H2,1H3,(H2,21,26). The number of thiophene rings is 1. The Morgan fingerprint density at radius 2 is 2.11 bits per heavy atom. The minimum atomic E-state index is -0.328. The van der Waals surface area contributed by atoms with E-state index in [0.29, 0.717) is 17.9 Å². The maximum Gasteiger partial charge on any atom is 0.217 e. The zero-order valence-corrected chi connectivity index (χ0v) is 17.4. The summed E-state index contributed by atoms with van der Waals surface area (Å²) in [6.45, 7) is 1.56. The molecule has 0 saturated heterocycles. The third-order valence-electron chi connectivity index (χ3n) is 5.22. The van der Waals surface area contributed by atoms with Crippen LogP contribution in [-0.4, -0.2) is 31.7 Å². The van der Waals surface area contributed by atoms with Crippen molar-refractivity contribution < 1.29 is 4.79 Å². The number of amides is 1. The van der Waals surface area contributed by atoms with Gasteiger partial charge in [0.1, 0.15) is 5.82 Å². The van der Waals surface area contributed by atoms with Gasteiger partial charge in [0.15, 0.2) is 4.77 Å². The molecule has 0 bridgehead atoms. The Morgan fingerprint density at radius 3 is 2.86 bits per heavy atom. The zero-order valence-electron chi connectivity index (χ0n) is 15.7. The first kappa shape index (κ1) is 19.0. The minimum Gasteiger partial charge on any atom is -0.370 e. The summed E-state index contributed by atoms with van der Waals surface area (Å²) < 4.78 is 4.39. The van der Waals surface area contributed by atoms with Crippen molar-refractivity contribution in [3.63, 3.8) is 0 Å². The van der Waals surface area contributed by atoms with Gasteiger partial charge in [0.05, 0.1) is 12.7 Å². The first-order chi connectivity index (χ1) is 13.5. The van der Waals surface area contributed by atoms with Gasteiger partial charge in [-0.3, -0.25) is 9.69 Å². The molecule has 0 spiro atoms. The monoisotopic (exact) mass is 413 g/mol. The van der Waals surface area contributed by atoms with Gasteiger partial charge >= 0.3 is 0 Å². The van der Waals surface area contributed by atoms with E-state index in [0.717, 1.165) is 18.8 Å². The number of carbonyl (C=O) groups excluding carboxylic acids is 1. The number of hydrogen-bond donors (Lipinski definition) is 1. The molecule has 4 rings (SSSR count). The van der Waals surface area contributed by atoms with E-state index in [1.165, 1.54) is 16.0 Å². The summed E-state index contributed by atoms with van der Waals surface area (Å²) in [5.41, 5.74) is 7.94. The molecule has 1 unspecified atom stereocenters. The van der Waals surface area contributed by atoms with Gasteiger partial charge < -0.3 is 10.3 Å². The summed E-state index contributed by atoms with van der Waals surface area (Å²) in [6, 6.07) is 13.0. The van der Waals surface area contributed by atoms with Crippen molar-refractivity contribution in [3.05, 3.63) is 68.4 Å². The van der Waals surface area contributed by atoms with Gasteiger partial charge in [0, 0.05) is 31.3 Å². The third kappa shape index (κ3) is 3.67. The van der Waals surface area contributed by atoms with Crippen LogP contribution in [0.4, 0.5) is 0 Å². The smallest absolute Gasteiger partial charge is 0.217 e. The molecule has 0 radical (unpaired) electrons. The number of hydrogen-bond acceptors (Lipinski definition) is 5. The van der Waals surface area contributed by atoms with Crippen molar-refractivity contribution in [1.29, 1.82) is 0 Å². The molecule has 8 heteroatoms. The lowest BCUT2D eigenvalue weighted by molar-refractivity contribution is -0.118. The molecule has 1 aliphatic rings. The van der Waals surface area contributed by atoms with Crippen molar-refractivity contribution in [1.82, 2.24) is 19.2 Å². The van der Waals surface area contributed by atoms with Crippen LogP contribution in [0, 0.1) is 4.77 Å². The van der Waals surface area contributed by atoms with E-state index in [-0.39, 0.29) is 18.4 Å². The maximum absolute atomic E-state index is 11.1. The van der Waals surface area contributed by atoms with E-state index in [9.17, 15) is 4.79 Å². The lowest BCUT2D eigenvalue weighted by atomic mass is 9.94. The first-order valence-electron chi connectivity index (χ1n) is 9.31. The summed E-state index contributed by atoms with van der Waals surface area (Å²) in [7, 11) is 1.89. The minimum absolute atomic E-state index is 0.189. The van der Waals surface area contributed by atoms with Gasteiger partial charge in [-0.1, -0.05) is 30.3 Å². The van der Waals surface area contributed by atoms with Crippen LogP contribution in [0.2, 0.25) is 0 Å². The fraction of sp³-hybridized carbons (Fsp3) is 0.350. The summed E-state index contributed by atoms with van der Waals surface area (Å²) in [5, 5.41) is 6.85. The predicted molar refractivity (Wildman–Crippen MR) is 113 cm³/mol. The van der Waals surface area contributed by atoms with E-state index in [4.69, 9.17) is 18.0 Å². The molecule has 1 aliphatic heterocycles. The molecular formula is C20H23N5OS2. The maximum atomic E-state index is 11.1. The highest BCUT2D eigenvalue weighted by Crippen LogP contribution is 2.37. The average Bonchev–Trinajstić information content (AvgIpc) is 3.27. The van der Waals surface area contributed by atoms with Crippen molar-refractivity contribution in [2.45, 2.75) is 32.0 Å². The average molecular weight is 414 g/mol. The van der Waals surface area contributed by atoms with Crippen LogP contribution in [-0.2, 0) is 31.4 Å². The van der Waals surface area contributed by atoms with Gasteiger partial charge in [0.25, 0.3) is 0 Å². The summed E-state index contributed by atoms with van der Waals surface area (Å²) in [4.78, 5) is 15.0. The highest BCUT2D eigenvalue weighted by Gasteiger charge is 2.30. The largest absolute Gasteiger partial charge is 0.370 e. The van der Waals surface area contributed by atoms with Gasteiger partial charge in [-0.25, -0.2) is 4.68 Å². The zero-order chi connectivity index (χ0) is 19.7. The predicted octanol–water partition coefficient (Wildman–Crippen LogP) is 3.04. The Kier molecular flexibility index (Phi) is 5.43. The van der Waals surface area contributed by atoms with Crippen LogP contribution >= 0.6 is 23.6 Å². The quantitative estimate of drug-likeness (QED) is 0.631. The fourth-order valence-electron chi connectivity index (χ4n) is 3.80. The Balaban J connectivity index is 1.65. The van der Waals surface area contributed by atoms with E-state index in [2.05, 4.69) is 45.7 Å². The van der Waals surface area contributed by atoms with E-state index >= 15 is 0 Å². The third-order valence-corrected chi connectivity index (χ3v) is 6.70. The van der Waals surface area contributed by atoms with Crippen molar-refractivity contribution in [2.24, 2.45) is 12.8 Å². The normalized spacial score (nSPS) is 16.8. The number of primary amides is 1. The lowest BCUT2D eigenvalue weighted by Gasteiger charge is -2.36. The number of benzene rings is 1. The molecule has 2 N–H and O–H groups in total. The van der Waals surface area contributed by atoms with Crippen LogP contribution < -0.4 is 5.73 Å². The Bertz CT molecular complexity index is 1040. The van der Waals surface area contributed by atoms with Crippen molar-refractivity contribution >= 4 is 29.5 Å². The number of fused-ring (bicyclic) bond motifs is 1. The molecule has 0 fully saturated rings. The summed E-state index contributed by atoms with van der Waals surface area (Å²) in [5.74, 6) is 0.457. The molecule has 1 atom stereocenters. The van der Waals surface area contributed by atoms with Crippen molar-refractivity contribution in [3.8, 4) is 0 Å². The number of aromatic nitrogens is 3. The molecule has 1 aromatic carbocycles. The van der Waals surface area contributed by atoms with E-state index in [1.54, 1.807) is 0 Å². The summed E-state index contributed by atoms with van der Waals surface area (Å²) in [6.07, 6.45) is 1.80. The van der Waals surface area contributed by atoms with E-state index < -0.39 is 0 Å². The second-order valence-electron chi connectivity index (χ2n) is 7.04. The van der Waals surface area contributed by atoms with E-state index in [1.807, 2.05) is 33.7 Å². The lowest BCUT2D eigenvalue weighted by Crippen LogP contribution is -2.37. The number of carbonyl (C=O) groups is 1. The van der Waals surface area contributed by atoms with Crippen LogP contribution in [0.3, 0.4) is 0 Å². The SMILES string of the molecule is Cn1c(CCC(N)=O)nn(CN2CCc3sccc3C2c2ccccc2)c1=S. The molecular weight excluding hydrogens is 390 g/mol. The van der Waals surface area contributed by atoms with Crippen LogP contribution in [0.15, 0.2) is 41.8 Å². The number of aryl methyl sites for hydroxylation is 1. The number of nitrogens with zero attached hydrogens (tertiary/aromatic N) is 4. The van der Waals surface area contributed by atoms with Gasteiger partial charge in [-0.15, -0.1) is 11.3 Å². The molecule has 0 aliphatic carbocycles. The first-order valence-corrected chi connectivity index (χ1v) is 10.6. The van der Waals surface area contributed by atoms with Crippen molar-refractivity contribution in [2.75, 3.05) is 6.54 Å². The molecule has 0 saturated carbocycles. The molecule has 1 amide bonds. The molecule has 6 nitrogen and oxygen atoms in total. The molecule has 2 aromatic heterocycles.